The average molecular weight is 301 g/mol. The molecule has 1 saturated carbocycles. The van der Waals surface area contributed by atoms with Crippen molar-refractivity contribution in [2.24, 2.45) is 5.92 Å². The summed E-state index contributed by atoms with van der Waals surface area (Å²) >= 11 is 0. The second kappa shape index (κ2) is 6.64. The van der Waals surface area contributed by atoms with Crippen LogP contribution in [0.1, 0.15) is 50.5 Å². The van der Waals surface area contributed by atoms with Crippen molar-refractivity contribution in [3.63, 3.8) is 0 Å². The van der Waals surface area contributed by atoms with E-state index in [0.717, 1.165) is 57.1 Å². The Kier molecular flexibility index (Phi) is 4.60. The largest absolute Gasteiger partial charge is 0.355 e. The first kappa shape index (κ1) is 15.3. The van der Waals surface area contributed by atoms with Gasteiger partial charge in [0.2, 0.25) is 5.91 Å². The molecule has 0 radical (unpaired) electrons. The number of benzene rings is 1. The van der Waals surface area contributed by atoms with Gasteiger partial charge in [-0.15, -0.1) is 0 Å². The third kappa shape index (κ3) is 3.08. The average Bonchev–Trinajstić information content (AvgIpc) is 3.05. The number of halogens is 1. The summed E-state index contributed by atoms with van der Waals surface area (Å²) in [5.41, 5.74) is 0.318. The molecule has 1 atom stereocenters. The molecule has 0 heterocycles. The van der Waals surface area contributed by atoms with Gasteiger partial charge in [-0.05, 0) is 55.7 Å². The fourth-order valence-corrected chi connectivity index (χ4v) is 3.86. The summed E-state index contributed by atoms with van der Waals surface area (Å²) < 4.78 is 13.6. The molecule has 1 fully saturated rings. The third-order valence-corrected chi connectivity index (χ3v) is 5.20. The molecule has 22 heavy (non-hydrogen) atoms. The Morgan fingerprint density at radius 3 is 2.77 bits per heavy atom. The van der Waals surface area contributed by atoms with Gasteiger partial charge in [-0.2, -0.15) is 0 Å². The van der Waals surface area contributed by atoms with Crippen molar-refractivity contribution < 1.29 is 9.18 Å². The second-order valence-electron chi connectivity index (χ2n) is 6.66. The zero-order valence-corrected chi connectivity index (χ0v) is 13.0. The summed E-state index contributed by atoms with van der Waals surface area (Å²) in [5.74, 6) is 0.374. The maximum absolute atomic E-state index is 13.6. The van der Waals surface area contributed by atoms with E-state index >= 15 is 0 Å². The molecular weight excluding hydrogens is 277 g/mol. The molecule has 0 spiro atoms. The van der Waals surface area contributed by atoms with Gasteiger partial charge in [0.15, 0.2) is 0 Å². The fraction of sp³-hybridized carbons (Fsp3) is 0.526. The van der Waals surface area contributed by atoms with Gasteiger partial charge in [-0.25, -0.2) is 4.39 Å². The minimum Gasteiger partial charge on any atom is -0.355 e. The van der Waals surface area contributed by atoms with Crippen molar-refractivity contribution in [2.45, 2.75) is 50.4 Å². The lowest BCUT2D eigenvalue weighted by Crippen LogP contribution is -2.44. The lowest BCUT2D eigenvalue weighted by molar-refractivity contribution is -0.126. The highest BCUT2D eigenvalue weighted by Gasteiger charge is 2.42. The summed E-state index contributed by atoms with van der Waals surface area (Å²) in [6.45, 7) is 0.736. The highest BCUT2D eigenvalue weighted by atomic mass is 19.1. The van der Waals surface area contributed by atoms with Crippen LogP contribution in [-0.4, -0.2) is 12.5 Å². The first-order valence-corrected chi connectivity index (χ1v) is 8.40. The zero-order chi connectivity index (χ0) is 15.4. The van der Waals surface area contributed by atoms with Gasteiger partial charge in [-0.1, -0.05) is 37.1 Å². The first-order valence-electron chi connectivity index (χ1n) is 8.40. The number of hydrogen-bond acceptors (Lipinski definition) is 1. The number of amides is 1. The first-order chi connectivity index (χ1) is 10.7. The summed E-state index contributed by atoms with van der Waals surface area (Å²) in [7, 11) is 0. The number of rotatable bonds is 4. The lowest BCUT2D eigenvalue weighted by atomic mass is 9.77. The summed E-state index contributed by atoms with van der Waals surface area (Å²) in [4.78, 5) is 12.9. The van der Waals surface area contributed by atoms with Crippen molar-refractivity contribution in [3.8, 4) is 0 Å². The predicted molar refractivity (Wildman–Crippen MR) is 86.0 cm³/mol. The minimum atomic E-state index is -0.521. The highest BCUT2D eigenvalue weighted by molar-refractivity contribution is 5.88. The molecule has 3 rings (SSSR count). The van der Waals surface area contributed by atoms with Crippen molar-refractivity contribution in [3.05, 3.63) is 47.8 Å². The number of hydrogen-bond donors (Lipinski definition) is 1. The van der Waals surface area contributed by atoms with E-state index in [0.29, 0.717) is 5.92 Å². The standard InChI is InChI=1S/C19H24FNO/c20-17-10-6-9-16(13-17)19(11-4-5-12-19)18(22)21-14-15-7-2-1-3-8-15/h1-2,6,9-10,13,15H,3-5,7-8,11-12,14H2,(H,21,22). The topological polar surface area (TPSA) is 29.1 Å². The third-order valence-electron chi connectivity index (χ3n) is 5.20. The van der Waals surface area contributed by atoms with Crippen LogP contribution in [0.4, 0.5) is 4.39 Å². The van der Waals surface area contributed by atoms with Crippen LogP contribution in [0, 0.1) is 11.7 Å². The Morgan fingerprint density at radius 2 is 2.09 bits per heavy atom. The van der Waals surface area contributed by atoms with Crippen molar-refractivity contribution in [1.29, 1.82) is 0 Å². The van der Waals surface area contributed by atoms with E-state index in [9.17, 15) is 9.18 Å². The summed E-state index contributed by atoms with van der Waals surface area (Å²) in [5, 5.41) is 3.16. The Hall–Kier alpha value is -1.64. The number of carbonyl (C=O) groups excluding carboxylic acids is 1. The summed E-state index contributed by atoms with van der Waals surface area (Å²) in [6, 6.07) is 6.59. The van der Waals surface area contributed by atoms with E-state index in [1.165, 1.54) is 12.1 Å². The highest BCUT2D eigenvalue weighted by Crippen LogP contribution is 2.41. The molecule has 1 aromatic rings. The molecule has 1 aromatic carbocycles. The van der Waals surface area contributed by atoms with Crippen molar-refractivity contribution in [1.82, 2.24) is 5.32 Å². The van der Waals surface area contributed by atoms with E-state index in [-0.39, 0.29) is 11.7 Å². The van der Waals surface area contributed by atoms with Gasteiger partial charge in [0.05, 0.1) is 5.41 Å². The Labute approximate surface area is 131 Å². The smallest absolute Gasteiger partial charge is 0.230 e. The van der Waals surface area contributed by atoms with E-state index in [2.05, 4.69) is 17.5 Å². The number of allylic oxidation sites excluding steroid dienone is 2. The van der Waals surface area contributed by atoms with Gasteiger partial charge < -0.3 is 5.32 Å². The molecule has 3 heteroatoms. The maximum Gasteiger partial charge on any atom is 0.230 e. The quantitative estimate of drug-likeness (QED) is 0.833. The summed E-state index contributed by atoms with van der Waals surface area (Å²) in [6.07, 6.45) is 11.4. The van der Waals surface area contributed by atoms with Crippen LogP contribution in [0.25, 0.3) is 0 Å². The van der Waals surface area contributed by atoms with E-state index in [4.69, 9.17) is 0 Å². The van der Waals surface area contributed by atoms with Crippen molar-refractivity contribution in [2.75, 3.05) is 6.54 Å². The predicted octanol–water partition coefficient (Wildman–Crippen LogP) is 4.11. The van der Waals surface area contributed by atoms with Gasteiger partial charge in [0, 0.05) is 6.54 Å². The molecular formula is C19H24FNO. The van der Waals surface area contributed by atoms with Crippen LogP contribution in [0.3, 0.4) is 0 Å². The fourth-order valence-electron chi connectivity index (χ4n) is 3.86. The molecule has 118 valence electrons. The van der Waals surface area contributed by atoms with Crippen LogP contribution in [-0.2, 0) is 10.2 Å². The molecule has 1 amide bonds. The molecule has 0 saturated heterocycles. The van der Waals surface area contributed by atoms with Crippen LogP contribution in [0.2, 0.25) is 0 Å². The van der Waals surface area contributed by atoms with E-state index in [1.807, 2.05) is 6.07 Å². The second-order valence-corrected chi connectivity index (χ2v) is 6.66. The molecule has 0 aromatic heterocycles. The van der Waals surface area contributed by atoms with Crippen molar-refractivity contribution >= 4 is 5.91 Å². The molecule has 0 bridgehead atoms. The molecule has 1 N–H and O–H groups in total. The van der Waals surface area contributed by atoms with Crippen LogP contribution in [0.5, 0.6) is 0 Å². The van der Waals surface area contributed by atoms with Crippen LogP contribution < -0.4 is 5.32 Å². The normalized spacial score (nSPS) is 23.4. The molecule has 2 aliphatic carbocycles. The Bertz CT molecular complexity index is 560. The van der Waals surface area contributed by atoms with Gasteiger partial charge in [0.1, 0.15) is 5.82 Å². The maximum atomic E-state index is 13.6. The van der Waals surface area contributed by atoms with Gasteiger partial charge >= 0.3 is 0 Å². The number of nitrogens with one attached hydrogen (secondary N) is 1. The molecule has 2 nitrogen and oxygen atoms in total. The van der Waals surface area contributed by atoms with Gasteiger partial charge in [-0.3, -0.25) is 4.79 Å². The minimum absolute atomic E-state index is 0.0881. The van der Waals surface area contributed by atoms with Gasteiger partial charge in [0.25, 0.3) is 0 Å². The van der Waals surface area contributed by atoms with Crippen LogP contribution >= 0.6 is 0 Å². The van der Waals surface area contributed by atoms with E-state index < -0.39 is 5.41 Å². The SMILES string of the molecule is O=C(NCC1CC=CCC1)C1(c2cccc(F)c2)CCCC1. The molecule has 1 unspecified atom stereocenters. The Morgan fingerprint density at radius 1 is 1.27 bits per heavy atom. The Balaban J connectivity index is 1.72. The number of carbonyl (C=O) groups is 1. The molecule has 2 aliphatic rings. The monoisotopic (exact) mass is 301 g/mol. The zero-order valence-electron chi connectivity index (χ0n) is 13.0. The van der Waals surface area contributed by atoms with Crippen LogP contribution in [0.15, 0.2) is 36.4 Å². The lowest BCUT2D eigenvalue weighted by Gasteiger charge is -2.29. The molecule has 0 aliphatic heterocycles. The van der Waals surface area contributed by atoms with E-state index in [1.54, 1.807) is 6.07 Å².